The van der Waals surface area contributed by atoms with Gasteiger partial charge in [-0.05, 0) is 75.5 Å². The number of fused-ring (bicyclic) bond motifs is 3. The van der Waals surface area contributed by atoms with Crippen LogP contribution in [0.15, 0.2) is 42.5 Å². The van der Waals surface area contributed by atoms with Gasteiger partial charge in [0.25, 0.3) is 5.92 Å². The molecule has 8 heteroatoms. The van der Waals surface area contributed by atoms with Crippen LogP contribution >= 0.6 is 0 Å². The highest BCUT2D eigenvalue weighted by Crippen LogP contribution is 2.53. The molecule has 0 bridgehead atoms. The molecule has 0 saturated heterocycles. The number of aliphatic hydroxyl groups excluding tert-OH is 1. The van der Waals surface area contributed by atoms with Crippen LogP contribution < -0.4 is 5.32 Å². The highest BCUT2D eigenvalue weighted by Gasteiger charge is 2.50. The monoisotopic (exact) mass is 492 g/mol. The highest BCUT2D eigenvalue weighted by atomic mass is 19.3. The summed E-state index contributed by atoms with van der Waals surface area (Å²) in [5.41, 5.74) is 3.42. The number of amides is 1. The van der Waals surface area contributed by atoms with Gasteiger partial charge in [-0.3, -0.25) is 4.79 Å². The zero-order chi connectivity index (χ0) is 25.4. The summed E-state index contributed by atoms with van der Waals surface area (Å²) < 4.78 is 58.9. The molecule has 0 spiro atoms. The minimum atomic E-state index is -3.43. The van der Waals surface area contributed by atoms with Gasteiger partial charge in [0.1, 0.15) is 18.1 Å². The first kappa shape index (κ1) is 22.7. The molecule has 3 atom stereocenters. The summed E-state index contributed by atoms with van der Waals surface area (Å²) in [7, 11) is 0. The lowest BCUT2D eigenvalue weighted by molar-refractivity contribution is -0.115. The molecule has 3 aromatic rings. The quantitative estimate of drug-likeness (QED) is 0.430. The molecule has 0 fully saturated rings. The first-order valence-corrected chi connectivity index (χ1v) is 11.7. The molecule has 1 aliphatic heterocycles. The smallest absolute Gasteiger partial charge is 0.281 e. The van der Waals surface area contributed by atoms with E-state index < -0.39 is 36.4 Å². The van der Waals surface area contributed by atoms with Gasteiger partial charge in [-0.2, -0.15) is 5.26 Å². The van der Waals surface area contributed by atoms with Crippen LogP contribution in [0, 0.1) is 17.1 Å². The average Bonchev–Trinajstić information content (AvgIpc) is 3.34. The number of nitrogens with zero attached hydrogens (tertiary/aromatic N) is 1. The van der Waals surface area contributed by atoms with E-state index in [0.717, 1.165) is 12.1 Å². The van der Waals surface area contributed by atoms with E-state index in [0.29, 0.717) is 33.5 Å². The average molecular weight is 492 g/mol. The highest BCUT2D eigenvalue weighted by molar-refractivity contribution is 6.02. The molecule has 3 aromatic carbocycles. The number of alkyl halides is 3. The Balaban J connectivity index is 1.58. The number of nitriles is 1. The SMILES string of the molecule is N#Cc1cc(F)cc2c1[C@@H](c1ccc(-c3cccc4c3CC(=O)N4)c3c1CC(F)(F)[C@H]3O)CC[C@@H]2F. The normalized spacial score (nSPS) is 23.4. The summed E-state index contributed by atoms with van der Waals surface area (Å²) in [6, 6.07) is 12.6. The Bertz CT molecular complexity index is 1490. The van der Waals surface area contributed by atoms with E-state index in [1.165, 1.54) is 0 Å². The molecular weight excluding hydrogens is 472 g/mol. The molecule has 2 aliphatic carbocycles. The molecule has 0 radical (unpaired) electrons. The maximum Gasteiger partial charge on any atom is 0.281 e. The minimum Gasteiger partial charge on any atom is -0.382 e. The molecular formula is C28H20F4N2O2. The fourth-order valence-corrected chi connectivity index (χ4v) is 6.10. The van der Waals surface area contributed by atoms with Crippen LogP contribution in [0.4, 0.5) is 23.2 Å². The first-order valence-electron chi connectivity index (χ1n) is 11.7. The number of hydrogen-bond acceptors (Lipinski definition) is 3. The lowest BCUT2D eigenvalue weighted by Crippen LogP contribution is -2.22. The predicted molar refractivity (Wildman–Crippen MR) is 124 cm³/mol. The summed E-state index contributed by atoms with van der Waals surface area (Å²) in [5, 5.41) is 23.2. The van der Waals surface area contributed by atoms with Crippen molar-refractivity contribution in [3.8, 4) is 17.2 Å². The van der Waals surface area contributed by atoms with Gasteiger partial charge in [-0.15, -0.1) is 0 Å². The standard InChI is InChI=1S/C28H20F4N2O2/c29-14-8-13(12-33)25-17(6-7-22(30)20(25)9-14)16-4-5-18(26-21(16)11-28(31,32)27(26)36)15-2-1-3-23-19(15)10-24(35)34-23/h1-5,8-9,17,22,27,36H,6-7,10-11H2,(H,34,35)/t17-,22+,27+/m1/s1. The first-order chi connectivity index (χ1) is 17.2. The summed E-state index contributed by atoms with van der Waals surface area (Å²) in [6.07, 6.45) is -3.84. The zero-order valence-corrected chi connectivity index (χ0v) is 18.9. The second-order valence-electron chi connectivity index (χ2n) is 9.66. The van der Waals surface area contributed by atoms with Gasteiger partial charge in [-0.25, -0.2) is 17.6 Å². The second-order valence-corrected chi connectivity index (χ2v) is 9.66. The summed E-state index contributed by atoms with van der Waals surface area (Å²) in [5.74, 6) is -4.96. The van der Waals surface area contributed by atoms with E-state index >= 15 is 0 Å². The van der Waals surface area contributed by atoms with Crippen LogP contribution in [0.25, 0.3) is 11.1 Å². The Morgan fingerprint density at radius 1 is 1.03 bits per heavy atom. The number of carbonyl (C=O) groups is 1. The number of halogens is 4. The van der Waals surface area contributed by atoms with E-state index in [-0.39, 0.29) is 47.4 Å². The predicted octanol–water partition coefficient (Wildman–Crippen LogP) is 6.02. The zero-order valence-electron chi connectivity index (χ0n) is 18.9. The van der Waals surface area contributed by atoms with Gasteiger partial charge in [-0.1, -0.05) is 24.3 Å². The van der Waals surface area contributed by atoms with E-state index in [9.17, 15) is 32.7 Å². The third kappa shape index (κ3) is 3.26. The second kappa shape index (κ2) is 7.90. The minimum absolute atomic E-state index is 0.0223. The van der Waals surface area contributed by atoms with Crippen molar-refractivity contribution in [1.29, 1.82) is 5.26 Å². The molecule has 0 saturated carbocycles. The molecule has 1 amide bonds. The number of benzene rings is 3. The van der Waals surface area contributed by atoms with Crippen LogP contribution in [0.5, 0.6) is 0 Å². The van der Waals surface area contributed by atoms with E-state index in [1.807, 2.05) is 6.07 Å². The number of carbonyl (C=O) groups excluding carboxylic acids is 1. The van der Waals surface area contributed by atoms with Gasteiger partial charge in [0.2, 0.25) is 5.91 Å². The van der Waals surface area contributed by atoms with E-state index in [4.69, 9.17) is 0 Å². The Kier molecular flexibility index (Phi) is 4.99. The Labute approximate surface area is 204 Å². The van der Waals surface area contributed by atoms with Crippen molar-refractivity contribution in [1.82, 2.24) is 0 Å². The Hall–Kier alpha value is -3.70. The van der Waals surface area contributed by atoms with Crippen molar-refractivity contribution in [3.63, 3.8) is 0 Å². The molecule has 2 N–H and O–H groups in total. The third-order valence-electron chi connectivity index (χ3n) is 7.62. The van der Waals surface area contributed by atoms with Gasteiger partial charge in [0.15, 0.2) is 0 Å². The van der Waals surface area contributed by atoms with Crippen LogP contribution in [0.2, 0.25) is 0 Å². The van der Waals surface area contributed by atoms with Crippen LogP contribution in [-0.2, 0) is 17.6 Å². The van der Waals surface area contributed by atoms with Gasteiger partial charge in [0, 0.05) is 18.0 Å². The maximum atomic E-state index is 15.0. The number of anilines is 1. The van der Waals surface area contributed by atoms with E-state index in [1.54, 1.807) is 30.3 Å². The largest absolute Gasteiger partial charge is 0.382 e. The molecule has 6 rings (SSSR count). The molecule has 0 aromatic heterocycles. The van der Waals surface area contributed by atoms with Gasteiger partial charge >= 0.3 is 0 Å². The third-order valence-corrected chi connectivity index (χ3v) is 7.62. The van der Waals surface area contributed by atoms with E-state index in [2.05, 4.69) is 5.32 Å². The molecule has 36 heavy (non-hydrogen) atoms. The fraction of sp³-hybridized carbons (Fsp3) is 0.286. The van der Waals surface area contributed by atoms with Crippen molar-refractivity contribution < 1.29 is 27.5 Å². The number of nitrogens with one attached hydrogen (secondary N) is 1. The maximum absolute atomic E-state index is 15.0. The van der Waals surface area contributed by atoms with Crippen molar-refractivity contribution in [2.45, 2.75) is 49.8 Å². The van der Waals surface area contributed by atoms with Crippen LogP contribution in [0.3, 0.4) is 0 Å². The molecule has 182 valence electrons. The van der Waals surface area contributed by atoms with Gasteiger partial charge < -0.3 is 10.4 Å². The molecule has 3 aliphatic rings. The lowest BCUT2D eigenvalue weighted by atomic mass is 9.74. The van der Waals surface area contributed by atoms with Crippen molar-refractivity contribution in [3.05, 3.63) is 87.2 Å². The Morgan fingerprint density at radius 2 is 1.83 bits per heavy atom. The molecule has 4 nitrogen and oxygen atoms in total. The number of rotatable bonds is 2. The number of aliphatic hydroxyl groups is 1. The Morgan fingerprint density at radius 3 is 2.61 bits per heavy atom. The van der Waals surface area contributed by atoms with Crippen LogP contribution in [0.1, 0.15) is 70.0 Å². The fourth-order valence-electron chi connectivity index (χ4n) is 6.10. The summed E-state index contributed by atoms with van der Waals surface area (Å²) in [4.78, 5) is 12.0. The van der Waals surface area contributed by atoms with Gasteiger partial charge in [0.05, 0.1) is 18.1 Å². The van der Waals surface area contributed by atoms with Crippen molar-refractivity contribution >= 4 is 11.6 Å². The lowest BCUT2D eigenvalue weighted by Gasteiger charge is -2.31. The summed E-state index contributed by atoms with van der Waals surface area (Å²) >= 11 is 0. The summed E-state index contributed by atoms with van der Waals surface area (Å²) in [6.45, 7) is 0. The molecule has 1 heterocycles. The number of hydrogen-bond donors (Lipinski definition) is 2. The van der Waals surface area contributed by atoms with Crippen molar-refractivity contribution in [2.75, 3.05) is 5.32 Å². The van der Waals surface area contributed by atoms with Crippen LogP contribution in [-0.4, -0.2) is 16.9 Å². The topological polar surface area (TPSA) is 73.1 Å². The molecule has 0 unspecified atom stereocenters. The van der Waals surface area contributed by atoms with Crippen molar-refractivity contribution in [2.24, 2.45) is 0 Å².